The topological polar surface area (TPSA) is 84.4 Å². The molecule has 2 heterocycles. The molecule has 2 aromatic rings. The van der Waals surface area contributed by atoms with E-state index in [1.165, 1.54) is 7.11 Å². The molecule has 3 rings (SSSR count). The number of aryl methyl sites for hydroxylation is 1. The summed E-state index contributed by atoms with van der Waals surface area (Å²) in [7, 11) is 1.33. The van der Waals surface area contributed by atoms with Gasteiger partial charge in [0.05, 0.1) is 12.7 Å². The van der Waals surface area contributed by atoms with Gasteiger partial charge >= 0.3 is 5.97 Å². The Kier molecular flexibility index (Phi) is 5.69. The number of aromatic nitrogens is 2. The molecule has 27 heavy (non-hydrogen) atoms. The van der Waals surface area contributed by atoms with E-state index in [4.69, 9.17) is 0 Å². The summed E-state index contributed by atoms with van der Waals surface area (Å²) in [6.07, 6.45) is 2.21. The SMILES string of the molecule is COC(=O)c1ccc(NC(=O)c2cc(C)nc(N3CCC(C)CC3)n2)cc1. The Labute approximate surface area is 158 Å². The maximum atomic E-state index is 12.6. The normalized spacial score (nSPS) is 14.7. The Balaban J connectivity index is 1.73. The minimum absolute atomic E-state index is 0.307. The number of nitrogens with zero attached hydrogens (tertiary/aromatic N) is 3. The number of anilines is 2. The number of ether oxygens (including phenoxy) is 1. The van der Waals surface area contributed by atoms with Crippen LogP contribution in [0.5, 0.6) is 0 Å². The van der Waals surface area contributed by atoms with Gasteiger partial charge in [0.1, 0.15) is 5.69 Å². The van der Waals surface area contributed by atoms with Gasteiger partial charge in [-0.05, 0) is 56.0 Å². The fraction of sp³-hybridized carbons (Fsp3) is 0.400. The quantitative estimate of drug-likeness (QED) is 0.835. The summed E-state index contributed by atoms with van der Waals surface area (Å²) in [6, 6.07) is 8.20. The third-order valence-corrected chi connectivity index (χ3v) is 4.71. The smallest absolute Gasteiger partial charge is 0.337 e. The van der Waals surface area contributed by atoms with Crippen molar-refractivity contribution in [3.63, 3.8) is 0 Å². The largest absolute Gasteiger partial charge is 0.465 e. The Morgan fingerprint density at radius 3 is 2.44 bits per heavy atom. The van der Waals surface area contributed by atoms with E-state index in [0.29, 0.717) is 28.8 Å². The highest BCUT2D eigenvalue weighted by molar-refractivity contribution is 6.03. The number of piperidine rings is 1. The van der Waals surface area contributed by atoms with Crippen molar-refractivity contribution in [1.29, 1.82) is 0 Å². The van der Waals surface area contributed by atoms with Crippen molar-refractivity contribution in [1.82, 2.24) is 9.97 Å². The molecule has 7 nitrogen and oxygen atoms in total. The molecule has 1 aromatic carbocycles. The molecule has 1 aromatic heterocycles. The van der Waals surface area contributed by atoms with Crippen molar-refractivity contribution in [2.45, 2.75) is 26.7 Å². The zero-order chi connectivity index (χ0) is 19.4. The second kappa shape index (κ2) is 8.16. The van der Waals surface area contributed by atoms with Crippen LogP contribution in [0.25, 0.3) is 0 Å². The highest BCUT2D eigenvalue weighted by Crippen LogP contribution is 2.21. The highest BCUT2D eigenvalue weighted by Gasteiger charge is 2.20. The van der Waals surface area contributed by atoms with Crippen molar-refractivity contribution in [3.05, 3.63) is 47.3 Å². The number of carbonyl (C=O) groups is 2. The van der Waals surface area contributed by atoms with Gasteiger partial charge in [-0.25, -0.2) is 14.8 Å². The van der Waals surface area contributed by atoms with Gasteiger partial charge in [-0.15, -0.1) is 0 Å². The van der Waals surface area contributed by atoms with Crippen LogP contribution in [0.2, 0.25) is 0 Å². The molecular weight excluding hydrogens is 344 g/mol. The minimum Gasteiger partial charge on any atom is -0.465 e. The fourth-order valence-corrected chi connectivity index (χ4v) is 3.02. The first-order valence-corrected chi connectivity index (χ1v) is 9.06. The monoisotopic (exact) mass is 368 g/mol. The summed E-state index contributed by atoms with van der Waals surface area (Å²) in [6.45, 7) is 5.92. The Hall–Kier alpha value is -2.96. The van der Waals surface area contributed by atoms with E-state index in [0.717, 1.165) is 31.6 Å². The van der Waals surface area contributed by atoms with Crippen LogP contribution in [0.4, 0.5) is 11.6 Å². The Morgan fingerprint density at radius 2 is 1.81 bits per heavy atom. The Morgan fingerprint density at radius 1 is 1.15 bits per heavy atom. The molecule has 1 fully saturated rings. The molecule has 142 valence electrons. The summed E-state index contributed by atoms with van der Waals surface area (Å²) in [5.41, 5.74) is 2.09. The van der Waals surface area contributed by atoms with Crippen LogP contribution in [0.1, 0.15) is 46.3 Å². The standard InChI is InChI=1S/C20H24N4O3/c1-13-8-10-24(11-9-13)20-21-14(2)12-17(23-20)18(25)22-16-6-4-15(5-7-16)19(26)27-3/h4-7,12-13H,8-11H2,1-3H3,(H,22,25). The predicted molar refractivity (Wildman–Crippen MR) is 103 cm³/mol. The average Bonchev–Trinajstić information content (AvgIpc) is 2.68. The molecule has 7 heteroatoms. The highest BCUT2D eigenvalue weighted by atomic mass is 16.5. The van der Waals surface area contributed by atoms with E-state index >= 15 is 0 Å². The lowest BCUT2D eigenvalue weighted by atomic mass is 10.00. The second-order valence-corrected chi connectivity index (χ2v) is 6.89. The average molecular weight is 368 g/mol. The van der Waals surface area contributed by atoms with Crippen molar-refractivity contribution in [2.24, 2.45) is 5.92 Å². The van der Waals surface area contributed by atoms with E-state index in [9.17, 15) is 9.59 Å². The van der Waals surface area contributed by atoms with Crippen LogP contribution < -0.4 is 10.2 Å². The summed E-state index contributed by atoms with van der Waals surface area (Å²) < 4.78 is 4.67. The molecule has 0 aliphatic carbocycles. The first-order chi connectivity index (χ1) is 13.0. The lowest BCUT2D eigenvalue weighted by molar-refractivity contribution is 0.0600. The molecule has 0 bridgehead atoms. The molecule has 0 spiro atoms. The maximum Gasteiger partial charge on any atom is 0.337 e. The van der Waals surface area contributed by atoms with Gasteiger partial charge in [0, 0.05) is 24.5 Å². The number of rotatable bonds is 4. The molecule has 0 saturated carbocycles. The number of benzene rings is 1. The van der Waals surface area contributed by atoms with Gasteiger partial charge in [-0.2, -0.15) is 0 Å². The predicted octanol–water partition coefficient (Wildman–Crippen LogP) is 3.06. The van der Waals surface area contributed by atoms with E-state index in [1.54, 1.807) is 30.3 Å². The van der Waals surface area contributed by atoms with E-state index < -0.39 is 5.97 Å². The number of methoxy groups -OCH3 is 1. The molecule has 1 aliphatic heterocycles. The third kappa shape index (κ3) is 4.61. The summed E-state index contributed by atoms with van der Waals surface area (Å²) >= 11 is 0. The van der Waals surface area contributed by atoms with Crippen molar-refractivity contribution < 1.29 is 14.3 Å². The second-order valence-electron chi connectivity index (χ2n) is 6.89. The van der Waals surface area contributed by atoms with Gasteiger partial charge in [0.15, 0.2) is 0 Å². The molecule has 0 unspecified atom stereocenters. The number of esters is 1. The molecule has 1 amide bonds. The van der Waals surface area contributed by atoms with Crippen molar-refractivity contribution in [3.8, 4) is 0 Å². The van der Waals surface area contributed by atoms with E-state index in [2.05, 4.69) is 31.8 Å². The minimum atomic E-state index is -0.417. The van der Waals surface area contributed by atoms with Gasteiger partial charge in [-0.1, -0.05) is 6.92 Å². The fourth-order valence-electron chi connectivity index (χ4n) is 3.02. The molecule has 1 saturated heterocycles. The number of amides is 1. The lowest BCUT2D eigenvalue weighted by Crippen LogP contribution is -2.34. The zero-order valence-corrected chi connectivity index (χ0v) is 15.9. The summed E-state index contributed by atoms with van der Waals surface area (Å²) in [5, 5.41) is 2.81. The zero-order valence-electron chi connectivity index (χ0n) is 15.9. The summed E-state index contributed by atoms with van der Waals surface area (Å²) in [5.74, 6) is 0.590. The molecule has 1 aliphatic rings. The van der Waals surface area contributed by atoms with Crippen LogP contribution in [0.15, 0.2) is 30.3 Å². The Bertz CT molecular complexity index is 828. The van der Waals surface area contributed by atoms with Gasteiger partial charge in [0.25, 0.3) is 5.91 Å². The van der Waals surface area contributed by atoms with Crippen LogP contribution in [0, 0.1) is 12.8 Å². The first-order valence-electron chi connectivity index (χ1n) is 9.06. The number of nitrogens with one attached hydrogen (secondary N) is 1. The van der Waals surface area contributed by atoms with Crippen LogP contribution in [-0.4, -0.2) is 42.0 Å². The molecule has 1 N–H and O–H groups in total. The molecular formula is C20H24N4O3. The van der Waals surface area contributed by atoms with Crippen LogP contribution in [0.3, 0.4) is 0 Å². The first kappa shape index (κ1) is 18.8. The number of hydrogen-bond donors (Lipinski definition) is 1. The number of hydrogen-bond acceptors (Lipinski definition) is 6. The third-order valence-electron chi connectivity index (χ3n) is 4.71. The van der Waals surface area contributed by atoms with Crippen molar-refractivity contribution >= 4 is 23.5 Å². The summed E-state index contributed by atoms with van der Waals surface area (Å²) in [4.78, 5) is 35.2. The molecule has 0 atom stereocenters. The lowest BCUT2D eigenvalue weighted by Gasteiger charge is -2.30. The van der Waals surface area contributed by atoms with Gasteiger partial charge in [-0.3, -0.25) is 4.79 Å². The maximum absolute atomic E-state index is 12.6. The van der Waals surface area contributed by atoms with Crippen molar-refractivity contribution in [2.75, 3.05) is 30.4 Å². The van der Waals surface area contributed by atoms with Gasteiger partial charge < -0.3 is 15.0 Å². The van der Waals surface area contributed by atoms with E-state index in [1.807, 2.05) is 6.92 Å². The van der Waals surface area contributed by atoms with Gasteiger partial charge in [0.2, 0.25) is 5.95 Å². The van der Waals surface area contributed by atoms with Crippen LogP contribution in [-0.2, 0) is 4.74 Å². The van der Waals surface area contributed by atoms with E-state index in [-0.39, 0.29) is 5.91 Å². The van der Waals surface area contributed by atoms with Crippen LogP contribution >= 0.6 is 0 Å². The number of carbonyl (C=O) groups excluding carboxylic acids is 2. The molecule has 0 radical (unpaired) electrons.